The molecule has 4 rings (SSSR count). The standard InChI is InChI=1S/C27H32FN3O5/c1-18(2)16-29-24(32)23-17-36-27(31(23)26(34)19-7-9-21(28)10-8-19)11-13-30(14-12-27)25(33)20-5-4-6-22(15-20)35-3/h4-10,15,18,23H,11-14,16-17H2,1-3H3,(H,29,32)/t23-/m0/s1. The summed E-state index contributed by atoms with van der Waals surface area (Å²) in [4.78, 5) is 43.0. The third-order valence-corrected chi connectivity index (χ3v) is 6.71. The number of hydrogen-bond donors (Lipinski definition) is 1. The highest BCUT2D eigenvalue weighted by atomic mass is 19.1. The van der Waals surface area contributed by atoms with Crippen LogP contribution in [0.1, 0.15) is 47.4 Å². The van der Waals surface area contributed by atoms with Gasteiger partial charge in [-0.3, -0.25) is 19.3 Å². The van der Waals surface area contributed by atoms with Crippen molar-refractivity contribution in [2.45, 2.75) is 38.5 Å². The number of halogens is 1. The topological polar surface area (TPSA) is 88.2 Å². The molecule has 0 saturated carbocycles. The number of amides is 3. The van der Waals surface area contributed by atoms with E-state index in [1.54, 1.807) is 36.3 Å². The number of carbonyl (C=O) groups is 3. The lowest BCUT2D eigenvalue weighted by Gasteiger charge is -2.44. The Morgan fingerprint density at radius 2 is 1.78 bits per heavy atom. The van der Waals surface area contributed by atoms with Crippen LogP contribution in [0.25, 0.3) is 0 Å². The second-order valence-corrected chi connectivity index (χ2v) is 9.62. The first-order chi connectivity index (χ1) is 17.2. The SMILES string of the molecule is COc1cccc(C(=O)N2CCC3(CC2)OC[C@@H](C(=O)NCC(C)C)N3C(=O)c2ccc(F)cc2)c1. The van der Waals surface area contributed by atoms with E-state index in [0.717, 1.165) is 0 Å². The van der Waals surface area contributed by atoms with E-state index in [0.29, 0.717) is 43.8 Å². The van der Waals surface area contributed by atoms with Gasteiger partial charge in [-0.1, -0.05) is 19.9 Å². The number of piperidine rings is 1. The molecule has 2 aliphatic rings. The predicted octanol–water partition coefficient (Wildman–Crippen LogP) is 3.08. The zero-order valence-corrected chi connectivity index (χ0v) is 20.8. The molecule has 0 bridgehead atoms. The Bertz CT molecular complexity index is 1110. The maximum Gasteiger partial charge on any atom is 0.256 e. The first-order valence-electron chi connectivity index (χ1n) is 12.2. The first kappa shape index (κ1) is 25.6. The van der Waals surface area contributed by atoms with E-state index < -0.39 is 23.5 Å². The summed E-state index contributed by atoms with van der Waals surface area (Å²) in [6.45, 7) is 5.21. The fourth-order valence-corrected chi connectivity index (χ4v) is 4.72. The highest BCUT2D eigenvalue weighted by molar-refractivity contribution is 5.98. The van der Waals surface area contributed by atoms with Crippen molar-refractivity contribution in [3.05, 3.63) is 65.5 Å². The average Bonchev–Trinajstić information content (AvgIpc) is 3.25. The Labute approximate surface area is 210 Å². The van der Waals surface area contributed by atoms with Crippen LogP contribution in [0.15, 0.2) is 48.5 Å². The molecular weight excluding hydrogens is 465 g/mol. The average molecular weight is 498 g/mol. The zero-order chi connectivity index (χ0) is 25.9. The Balaban J connectivity index is 1.55. The Morgan fingerprint density at radius 1 is 1.08 bits per heavy atom. The number of benzene rings is 2. The van der Waals surface area contributed by atoms with Crippen molar-refractivity contribution in [1.29, 1.82) is 0 Å². The van der Waals surface area contributed by atoms with Gasteiger partial charge in [-0.15, -0.1) is 0 Å². The third-order valence-electron chi connectivity index (χ3n) is 6.71. The second-order valence-electron chi connectivity index (χ2n) is 9.62. The fraction of sp³-hybridized carbons (Fsp3) is 0.444. The van der Waals surface area contributed by atoms with Gasteiger partial charge in [0.05, 0.1) is 13.7 Å². The fourth-order valence-electron chi connectivity index (χ4n) is 4.72. The molecule has 36 heavy (non-hydrogen) atoms. The highest BCUT2D eigenvalue weighted by Crippen LogP contribution is 2.39. The van der Waals surface area contributed by atoms with Gasteiger partial charge in [0.15, 0.2) is 0 Å². The summed E-state index contributed by atoms with van der Waals surface area (Å²) in [7, 11) is 1.55. The molecule has 0 aromatic heterocycles. The lowest BCUT2D eigenvalue weighted by molar-refractivity contribution is -0.128. The molecule has 2 saturated heterocycles. The Morgan fingerprint density at radius 3 is 2.42 bits per heavy atom. The summed E-state index contributed by atoms with van der Waals surface area (Å²) in [6, 6.07) is 11.4. The lowest BCUT2D eigenvalue weighted by atomic mass is 9.96. The summed E-state index contributed by atoms with van der Waals surface area (Å²) in [5, 5.41) is 2.90. The van der Waals surface area contributed by atoms with Crippen LogP contribution in [0.5, 0.6) is 5.75 Å². The second kappa shape index (κ2) is 10.7. The third kappa shape index (κ3) is 5.21. The maximum atomic E-state index is 13.6. The van der Waals surface area contributed by atoms with E-state index in [-0.39, 0.29) is 29.9 Å². The van der Waals surface area contributed by atoms with Crippen molar-refractivity contribution in [2.75, 3.05) is 33.4 Å². The summed E-state index contributed by atoms with van der Waals surface area (Å²) in [5.74, 6) is -0.424. The number of methoxy groups -OCH3 is 1. The van der Waals surface area contributed by atoms with Crippen LogP contribution >= 0.6 is 0 Å². The van der Waals surface area contributed by atoms with E-state index in [2.05, 4.69) is 5.32 Å². The van der Waals surface area contributed by atoms with Crippen LogP contribution < -0.4 is 10.1 Å². The van der Waals surface area contributed by atoms with Gasteiger partial charge < -0.3 is 19.7 Å². The molecule has 1 atom stereocenters. The summed E-state index contributed by atoms with van der Waals surface area (Å²) in [5.41, 5.74) is -0.239. The molecule has 192 valence electrons. The number of nitrogens with zero attached hydrogens (tertiary/aromatic N) is 2. The van der Waals surface area contributed by atoms with E-state index in [1.165, 1.54) is 29.2 Å². The van der Waals surface area contributed by atoms with Crippen molar-refractivity contribution in [1.82, 2.24) is 15.1 Å². The van der Waals surface area contributed by atoms with Gasteiger partial charge >= 0.3 is 0 Å². The van der Waals surface area contributed by atoms with Gasteiger partial charge in [-0.25, -0.2) is 4.39 Å². The molecule has 2 fully saturated rings. The van der Waals surface area contributed by atoms with E-state index in [1.807, 2.05) is 13.8 Å². The maximum absolute atomic E-state index is 13.6. The van der Waals surface area contributed by atoms with Crippen molar-refractivity contribution in [3.63, 3.8) is 0 Å². The molecule has 0 aliphatic carbocycles. The van der Waals surface area contributed by atoms with Crippen LogP contribution in [0.4, 0.5) is 4.39 Å². The number of likely N-dealkylation sites (tertiary alicyclic amines) is 1. The summed E-state index contributed by atoms with van der Waals surface area (Å²) in [6.07, 6.45) is 0.702. The molecule has 0 unspecified atom stereocenters. The van der Waals surface area contributed by atoms with Gasteiger partial charge in [-0.2, -0.15) is 0 Å². The number of ether oxygens (including phenoxy) is 2. The summed E-state index contributed by atoms with van der Waals surface area (Å²) >= 11 is 0. The molecule has 2 aromatic carbocycles. The number of rotatable bonds is 6. The zero-order valence-electron chi connectivity index (χ0n) is 20.8. The normalized spacial score (nSPS) is 19.0. The first-order valence-corrected chi connectivity index (χ1v) is 12.2. The number of hydrogen-bond acceptors (Lipinski definition) is 5. The van der Waals surface area contributed by atoms with E-state index >= 15 is 0 Å². The van der Waals surface area contributed by atoms with Crippen LogP contribution in [0.3, 0.4) is 0 Å². The predicted molar refractivity (Wildman–Crippen MR) is 131 cm³/mol. The van der Waals surface area contributed by atoms with Gasteiger partial charge in [0.1, 0.15) is 23.3 Å². The van der Waals surface area contributed by atoms with Crippen LogP contribution in [0, 0.1) is 11.7 Å². The molecule has 3 amide bonds. The van der Waals surface area contributed by atoms with Gasteiger partial charge in [0, 0.05) is 43.6 Å². The van der Waals surface area contributed by atoms with Crippen molar-refractivity contribution in [3.8, 4) is 5.75 Å². The molecule has 2 aliphatic heterocycles. The van der Waals surface area contributed by atoms with E-state index in [4.69, 9.17) is 9.47 Å². The van der Waals surface area contributed by atoms with Crippen LogP contribution in [-0.2, 0) is 9.53 Å². The minimum absolute atomic E-state index is 0.0562. The monoisotopic (exact) mass is 497 g/mol. The molecule has 2 aromatic rings. The lowest BCUT2D eigenvalue weighted by Crippen LogP contribution is -2.60. The van der Waals surface area contributed by atoms with Crippen molar-refractivity contribution >= 4 is 17.7 Å². The van der Waals surface area contributed by atoms with Crippen LogP contribution in [0.2, 0.25) is 0 Å². The van der Waals surface area contributed by atoms with Gasteiger partial charge in [0.2, 0.25) is 5.91 Å². The number of carbonyl (C=O) groups excluding carboxylic acids is 3. The van der Waals surface area contributed by atoms with Crippen molar-refractivity contribution < 1.29 is 28.2 Å². The minimum Gasteiger partial charge on any atom is -0.497 e. The van der Waals surface area contributed by atoms with Gasteiger partial charge in [-0.05, 0) is 48.4 Å². The molecule has 8 nitrogen and oxygen atoms in total. The van der Waals surface area contributed by atoms with Crippen molar-refractivity contribution in [2.24, 2.45) is 5.92 Å². The van der Waals surface area contributed by atoms with E-state index in [9.17, 15) is 18.8 Å². The summed E-state index contributed by atoms with van der Waals surface area (Å²) < 4.78 is 24.9. The molecule has 1 N–H and O–H groups in total. The quantitative estimate of drug-likeness (QED) is 0.663. The molecular formula is C27H32FN3O5. The minimum atomic E-state index is -1.03. The largest absolute Gasteiger partial charge is 0.497 e. The molecule has 0 radical (unpaired) electrons. The Kier molecular flexibility index (Phi) is 7.59. The van der Waals surface area contributed by atoms with Crippen LogP contribution in [-0.4, -0.2) is 72.6 Å². The molecule has 2 heterocycles. The Hall–Kier alpha value is -3.46. The molecule has 9 heteroatoms. The number of nitrogens with one attached hydrogen (secondary N) is 1. The van der Waals surface area contributed by atoms with Gasteiger partial charge in [0.25, 0.3) is 11.8 Å². The molecule has 1 spiro atoms. The highest BCUT2D eigenvalue weighted by Gasteiger charge is 2.54. The smallest absolute Gasteiger partial charge is 0.256 e.